The van der Waals surface area contributed by atoms with Crippen molar-refractivity contribution in [1.82, 2.24) is 4.90 Å². The van der Waals surface area contributed by atoms with Gasteiger partial charge in [-0.1, -0.05) is 28.1 Å². The maximum absolute atomic E-state index is 12.3. The standard InChI is InChI=1S/C18H26BrNO3/c1-18(2,3)23-17(21)20-11-5-4-6-16(20)13-22-12-14-7-9-15(19)10-8-14/h7-10,16H,4-6,11-13H2,1-3H3. The molecule has 1 unspecified atom stereocenters. The molecule has 1 aliphatic rings. The molecular weight excluding hydrogens is 358 g/mol. The molecule has 1 saturated heterocycles. The number of likely N-dealkylation sites (tertiary alicyclic amines) is 1. The Hall–Kier alpha value is -1.07. The molecule has 2 rings (SSSR count). The largest absolute Gasteiger partial charge is 0.444 e. The summed E-state index contributed by atoms with van der Waals surface area (Å²) in [5, 5.41) is 0. The van der Waals surface area contributed by atoms with Crippen LogP contribution in [0.2, 0.25) is 0 Å². The van der Waals surface area contributed by atoms with Crippen molar-refractivity contribution >= 4 is 22.0 Å². The molecule has 1 aromatic rings. The second-order valence-electron chi connectivity index (χ2n) is 6.96. The van der Waals surface area contributed by atoms with Crippen LogP contribution in [0.15, 0.2) is 28.7 Å². The molecule has 4 nitrogen and oxygen atoms in total. The first-order chi connectivity index (χ1) is 10.8. The summed E-state index contributed by atoms with van der Waals surface area (Å²) in [6.45, 7) is 7.55. The van der Waals surface area contributed by atoms with E-state index in [4.69, 9.17) is 9.47 Å². The average molecular weight is 384 g/mol. The molecule has 0 spiro atoms. The van der Waals surface area contributed by atoms with E-state index in [1.54, 1.807) is 0 Å². The molecule has 5 heteroatoms. The molecular formula is C18H26BrNO3. The van der Waals surface area contributed by atoms with Crippen molar-refractivity contribution in [2.75, 3.05) is 13.2 Å². The highest BCUT2D eigenvalue weighted by atomic mass is 79.9. The molecule has 23 heavy (non-hydrogen) atoms. The topological polar surface area (TPSA) is 38.8 Å². The number of piperidine rings is 1. The molecule has 1 aromatic carbocycles. The highest BCUT2D eigenvalue weighted by molar-refractivity contribution is 9.10. The van der Waals surface area contributed by atoms with Gasteiger partial charge in [-0.3, -0.25) is 0 Å². The van der Waals surface area contributed by atoms with Crippen molar-refractivity contribution < 1.29 is 14.3 Å². The van der Waals surface area contributed by atoms with Crippen molar-refractivity contribution in [3.8, 4) is 0 Å². The second kappa shape index (κ2) is 8.15. The van der Waals surface area contributed by atoms with E-state index in [1.165, 1.54) is 0 Å². The predicted molar refractivity (Wildman–Crippen MR) is 94.4 cm³/mol. The van der Waals surface area contributed by atoms with E-state index in [1.807, 2.05) is 49.9 Å². The lowest BCUT2D eigenvalue weighted by atomic mass is 10.0. The summed E-state index contributed by atoms with van der Waals surface area (Å²) in [6, 6.07) is 8.19. The van der Waals surface area contributed by atoms with Gasteiger partial charge in [-0.05, 0) is 57.7 Å². The normalized spacial score (nSPS) is 18.8. The van der Waals surface area contributed by atoms with Gasteiger partial charge in [0.2, 0.25) is 0 Å². The SMILES string of the molecule is CC(C)(C)OC(=O)N1CCCCC1COCc1ccc(Br)cc1. The number of hydrogen-bond donors (Lipinski definition) is 0. The van der Waals surface area contributed by atoms with Gasteiger partial charge in [-0.15, -0.1) is 0 Å². The van der Waals surface area contributed by atoms with Crippen molar-refractivity contribution in [3.63, 3.8) is 0 Å². The Morgan fingerprint density at radius 1 is 1.26 bits per heavy atom. The van der Waals surface area contributed by atoms with Crippen LogP contribution in [-0.4, -0.2) is 35.8 Å². The summed E-state index contributed by atoms with van der Waals surface area (Å²) in [5.41, 5.74) is 0.671. The Balaban J connectivity index is 1.86. The van der Waals surface area contributed by atoms with Gasteiger partial charge in [-0.2, -0.15) is 0 Å². The minimum Gasteiger partial charge on any atom is -0.444 e. The van der Waals surface area contributed by atoms with E-state index < -0.39 is 5.60 Å². The van der Waals surface area contributed by atoms with Crippen molar-refractivity contribution in [3.05, 3.63) is 34.3 Å². The van der Waals surface area contributed by atoms with Gasteiger partial charge in [0, 0.05) is 11.0 Å². The molecule has 1 fully saturated rings. The van der Waals surface area contributed by atoms with Crippen molar-refractivity contribution in [1.29, 1.82) is 0 Å². The molecule has 1 heterocycles. The number of amides is 1. The molecule has 0 aliphatic carbocycles. The van der Waals surface area contributed by atoms with Gasteiger partial charge >= 0.3 is 6.09 Å². The Bertz CT molecular complexity index is 510. The summed E-state index contributed by atoms with van der Waals surface area (Å²) in [4.78, 5) is 14.2. The summed E-state index contributed by atoms with van der Waals surface area (Å²) in [6.07, 6.45) is 2.91. The summed E-state index contributed by atoms with van der Waals surface area (Å²) in [7, 11) is 0. The number of rotatable bonds is 4. The number of benzene rings is 1. The molecule has 0 radical (unpaired) electrons. The van der Waals surface area contributed by atoms with Gasteiger partial charge in [0.1, 0.15) is 5.60 Å². The van der Waals surface area contributed by atoms with Crippen LogP contribution in [-0.2, 0) is 16.1 Å². The van der Waals surface area contributed by atoms with Crippen molar-refractivity contribution in [2.24, 2.45) is 0 Å². The third kappa shape index (κ3) is 6.15. The van der Waals surface area contributed by atoms with Crippen LogP contribution in [0.3, 0.4) is 0 Å². The Morgan fingerprint density at radius 2 is 1.96 bits per heavy atom. The third-order valence-corrected chi connectivity index (χ3v) is 4.28. The quantitative estimate of drug-likeness (QED) is 0.752. The van der Waals surface area contributed by atoms with E-state index in [2.05, 4.69) is 15.9 Å². The lowest BCUT2D eigenvalue weighted by molar-refractivity contribution is -0.00997. The predicted octanol–water partition coefficient (Wildman–Crippen LogP) is 4.76. The van der Waals surface area contributed by atoms with Crippen LogP contribution in [0, 0.1) is 0 Å². The van der Waals surface area contributed by atoms with Gasteiger partial charge in [0.05, 0.1) is 19.3 Å². The van der Waals surface area contributed by atoms with Crippen LogP contribution >= 0.6 is 15.9 Å². The first kappa shape index (κ1) is 18.3. The van der Waals surface area contributed by atoms with Crippen LogP contribution in [0.1, 0.15) is 45.6 Å². The highest BCUT2D eigenvalue weighted by Gasteiger charge is 2.30. The number of halogens is 1. The molecule has 0 bridgehead atoms. The Labute approximate surface area is 147 Å². The fourth-order valence-corrected chi connectivity index (χ4v) is 2.89. The zero-order chi connectivity index (χ0) is 16.9. The van der Waals surface area contributed by atoms with Gasteiger partial charge < -0.3 is 14.4 Å². The molecule has 1 amide bonds. The third-order valence-electron chi connectivity index (χ3n) is 3.75. The van der Waals surface area contributed by atoms with Crippen molar-refractivity contribution in [2.45, 2.75) is 58.3 Å². The van der Waals surface area contributed by atoms with E-state index in [9.17, 15) is 4.79 Å². The molecule has 1 aliphatic heterocycles. The van der Waals surface area contributed by atoms with Gasteiger partial charge in [0.25, 0.3) is 0 Å². The molecule has 0 N–H and O–H groups in total. The van der Waals surface area contributed by atoms with Crippen LogP contribution < -0.4 is 0 Å². The van der Waals surface area contributed by atoms with Crippen LogP contribution in [0.25, 0.3) is 0 Å². The Kier molecular flexibility index (Phi) is 6.48. The number of nitrogens with zero attached hydrogens (tertiary/aromatic N) is 1. The number of hydrogen-bond acceptors (Lipinski definition) is 3. The molecule has 128 valence electrons. The summed E-state index contributed by atoms with van der Waals surface area (Å²) < 4.78 is 12.4. The van der Waals surface area contributed by atoms with E-state index in [0.29, 0.717) is 13.2 Å². The van der Waals surface area contributed by atoms with E-state index >= 15 is 0 Å². The lowest BCUT2D eigenvalue weighted by Crippen LogP contribution is -2.48. The zero-order valence-corrected chi connectivity index (χ0v) is 15.8. The lowest BCUT2D eigenvalue weighted by Gasteiger charge is -2.36. The zero-order valence-electron chi connectivity index (χ0n) is 14.2. The number of carbonyl (C=O) groups is 1. The fraction of sp³-hybridized carbons (Fsp3) is 0.611. The maximum atomic E-state index is 12.3. The monoisotopic (exact) mass is 383 g/mol. The average Bonchev–Trinajstić information content (AvgIpc) is 2.48. The minimum atomic E-state index is -0.461. The van der Waals surface area contributed by atoms with E-state index in [-0.39, 0.29) is 12.1 Å². The van der Waals surface area contributed by atoms with Crippen LogP contribution in [0.5, 0.6) is 0 Å². The smallest absolute Gasteiger partial charge is 0.410 e. The van der Waals surface area contributed by atoms with Gasteiger partial charge in [-0.25, -0.2) is 4.79 Å². The first-order valence-electron chi connectivity index (χ1n) is 8.17. The molecule has 1 atom stereocenters. The molecule has 0 saturated carbocycles. The minimum absolute atomic E-state index is 0.106. The Morgan fingerprint density at radius 3 is 2.61 bits per heavy atom. The number of carbonyl (C=O) groups excluding carboxylic acids is 1. The number of ether oxygens (including phenoxy) is 2. The second-order valence-corrected chi connectivity index (χ2v) is 7.88. The molecule has 0 aromatic heterocycles. The van der Waals surface area contributed by atoms with Gasteiger partial charge in [0.15, 0.2) is 0 Å². The summed E-state index contributed by atoms with van der Waals surface area (Å²) in [5.74, 6) is 0. The first-order valence-corrected chi connectivity index (χ1v) is 8.96. The van der Waals surface area contributed by atoms with Crippen LogP contribution in [0.4, 0.5) is 4.79 Å². The highest BCUT2D eigenvalue weighted by Crippen LogP contribution is 2.21. The van der Waals surface area contributed by atoms with E-state index in [0.717, 1.165) is 35.8 Å². The fourth-order valence-electron chi connectivity index (χ4n) is 2.63. The summed E-state index contributed by atoms with van der Waals surface area (Å²) >= 11 is 3.42. The maximum Gasteiger partial charge on any atom is 0.410 e.